The van der Waals surface area contributed by atoms with E-state index in [1.54, 1.807) is 46.6 Å². The van der Waals surface area contributed by atoms with Gasteiger partial charge in [0.1, 0.15) is 11.6 Å². The van der Waals surface area contributed by atoms with Crippen LogP contribution in [0, 0.1) is 5.82 Å². The Labute approximate surface area is 209 Å². The molecule has 0 fully saturated rings. The third-order valence-corrected chi connectivity index (χ3v) is 6.45. The molecule has 0 aliphatic rings. The maximum Gasteiger partial charge on any atom is 0.323 e. The van der Waals surface area contributed by atoms with Gasteiger partial charge < -0.3 is 26.9 Å². The lowest BCUT2D eigenvalue weighted by Gasteiger charge is -2.09. The molecule has 3 heterocycles. The summed E-state index contributed by atoms with van der Waals surface area (Å²) >= 11 is 1.57. The Bertz CT molecular complexity index is 1520. The van der Waals surface area contributed by atoms with E-state index in [4.69, 9.17) is 10.8 Å². The highest BCUT2D eigenvalue weighted by atomic mass is 32.1. The van der Waals surface area contributed by atoms with Crippen molar-refractivity contribution in [3.05, 3.63) is 78.3 Å². The lowest BCUT2D eigenvalue weighted by Crippen LogP contribution is -2.19. The molecule has 184 valence electrons. The molecule has 0 bridgehead atoms. The number of nitrogens with two attached hydrogens (primary N) is 1. The first kappa shape index (κ1) is 24.8. The number of hydrogen-bond acceptors (Lipinski definition) is 6. The summed E-state index contributed by atoms with van der Waals surface area (Å²) in [6, 6.07) is 12.6. The highest BCUT2D eigenvalue weighted by Crippen LogP contribution is 2.41. The number of benzene rings is 2. The van der Waals surface area contributed by atoms with Crippen LogP contribution in [0.2, 0.25) is 0 Å². The molecular formula is C25H23FN6O3S. The van der Waals surface area contributed by atoms with Crippen molar-refractivity contribution in [3.8, 4) is 22.3 Å². The van der Waals surface area contributed by atoms with Crippen LogP contribution >= 0.6 is 11.3 Å². The second kappa shape index (κ2) is 10.5. The molecule has 11 heteroatoms. The van der Waals surface area contributed by atoms with Gasteiger partial charge in [-0.3, -0.25) is 4.68 Å². The number of urea groups is 1. The predicted molar refractivity (Wildman–Crippen MR) is 140 cm³/mol. The average Bonchev–Trinajstić information content (AvgIpc) is 3.48. The number of nitrogen functional groups attached to an aromatic ring is 1. The quantitative estimate of drug-likeness (QED) is 0.270. The molecule has 5 rings (SSSR count). The lowest BCUT2D eigenvalue weighted by atomic mass is 10.0. The summed E-state index contributed by atoms with van der Waals surface area (Å²) < 4.78 is 16.0. The van der Waals surface area contributed by atoms with Gasteiger partial charge in [-0.15, -0.1) is 11.3 Å². The number of rotatable bonds is 6. The van der Waals surface area contributed by atoms with E-state index in [0.717, 1.165) is 32.3 Å². The van der Waals surface area contributed by atoms with Gasteiger partial charge in [0, 0.05) is 50.5 Å². The van der Waals surface area contributed by atoms with Gasteiger partial charge in [0.25, 0.3) is 0 Å². The van der Waals surface area contributed by atoms with E-state index in [1.165, 1.54) is 18.2 Å². The van der Waals surface area contributed by atoms with E-state index in [9.17, 15) is 9.18 Å². The standard InChI is InChI=1S/C25H21FN6O2S.H2O/c26-17-2-1-3-19(10-17)31-25(34)30-18-6-4-15(5-7-18)21-14-35-23-20(12-28-24(27)22(21)23)16-11-29-32(13-16)8-9-33;/h1-7,10-14,33H,8-9H2,(H2,27,28)(H2,30,31,34);1H2. The molecule has 0 atom stereocenters. The number of fused-ring (bicyclic) bond motifs is 1. The summed E-state index contributed by atoms with van der Waals surface area (Å²) in [5, 5.41) is 21.7. The summed E-state index contributed by atoms with van der Waals surface area (Å²) in [5.74, 6) is 0.00507. The zero-order valence-corrected chi connectivity index (χ0v) is 19.7. The van der Waals surface area contributed by atoms with E-state index in [-0.39, 0.29) is 12.1 Å². The highest BCUT2D eigenvalue weighted by Gasteiger charge is 2.16. The fourth-order valence-corrected chi connectivity index (χ4v) is 4.93. The summed E-state index contributed by atoms with van der Waals surface area (Å²) in [5.41, 5.74) is 10.9. The molecule has 0 saturated heterocycles. The number of carbonyl (C=O) groups excluding carboxylic acids is 1. The number of halogens is 1. The molecule has 0 unspecified atom stereocenters. The maximum absolute atomic E-state index is 13.3. The molecule has 3 aromatic heterocycles. The fraction of sp³-hybridized carbons (Fsp3) is 0.0800. The molecule has 9 nitrogen and oxygen atoms in total. The van der Waals surface area contributed by atoms with Crippen molar-refractivity contribution >= 4 is 44.6 Å². The Hall–Kier alpha value is -4.32. The van der Waals surface area contributed by atoms with Crippen LogP contribution in [0.3, 0.4) is 0 Å². The van der Waals surface area contributed by atoms with Crippen LogP contribution in [0.25, 0.3) is 32.3 Å². The fourth-order valence-electron chi connectivity index (χ4n) is 3.81. The van der Waals surface area contributed by atoms with E-state index in [0.29, 0.717) is 23.7 Å². The Kier molecular flexibility index (Phi) is 7.25. The second-order valence-corrected chi connectivity index (χ2v) is 8.67. The van der Waals surface area contributed by atoms with Crippen molar-refractivity contribution in [1.29, 1.82) is 0 Å². The molecule has 0 spiro atoms. The minimum atomic E-state index is -0.468. The third-order valence-electron chi connectivity index (χ3n) is 5.43. The first-order chi connectivity index (χ1) is 17.0. The summed E-state index contributed by atoms with van der Waals surface area (Å²) in [6.07, 6.45) is 5.36. The molecule has 0 saturated carbocycles. The predicted octanol–water partition coefficient (Wildman–Crippen LogP) is 4.36. The number of pyridine rings is 1. The number of aromatic nitrogens is 3. The first-order valence-corrected chi connectivity index (χ1v) is 11.6. The SMILES string of the molecule is Nc1ncc(-c2cnn(CCO)c2)c2scc(-c3ccc(NC(=O)Nc4cccc(F)c4)cc3)c12.O. The first-order valence-electron chi connectivity index (χ1n) is 10.7. The van der Waals surface area contributed by atoms with Gasteiger partial charge >= 0.3 is 6.03 Å². The van der Waals surface area contributed by atoms with Gasteiger partial charge in [0.05, 0.1) is 19.3 Å². The molecule has 7 N–H and O–H groups in total. The number of amides is 2. The number of nitrogens with one attached hydrogen (secondary N) is 2. The summed E-state index contributed by atoms with van der Waals surface area (Å²) in [6.45, 7) is 0.429. The van der Waals surface area contributed by atoms with Gasteiger partial charge in [0.15, 0.2) is 0 Å². The van der Waals surface area contributed by atoms with Crippen molar-refractivity contribution in [2.24, 2.45) is 0 Å². The van der Waals surface area contributed by atoms with Crippen LogP contribution in [-0.2, 0) is 6.54 Å². The Morgan fingerprint density at radius 3 is 2.58 bits per heavy atom. The monoisotopic (exact) mass is 506 g/mol. The smallest absolute Gasteiger partial charge is 0.323 e. The molecule has 2 amide bonds. The van der Waals surface area contributed by atoms with Gasteiger partial charge in [0.2, 0.25) is 0 Å². The summed E-state index contributed by atoms with van der Waals surface area (Å²) in [4.78, 5) is 16.7. The molecule has 0 aliphatic heterocycles. The van der Waals surface area contributed by atoms with Gasteiger partial charge in [-0.05, 0) is 41.3 Å². The normalized spacial score (nSPS) is 10.7. The van der Waals surface area contributed by atoms with Crippen LogP contribution in [0.5, 0.6) is 0 Å². The second-order valence-electron chi connectivity index (χ2n) is 7.79. The van der Waals surface area contributed by atoms with Crippen molar-refractivity contribution in [3.63, 3.8) is 0 Å². The van der Waals surface area contributed by atoms with Crippen LogP contribution in [0.4, 0.5) is 26.4 Å². The number of aliphatic hydroxyl groups excluding tert-OH is 1. The number of carbonyl (C=O) groups is 1. The number of thiophene rings is 1. The minimum absolute atomic E-state index is 0. The molecular weight excluding hydrogens is 483 g/mol. The Morgan fingerprint density at radius 2 is 1.83 bits per heavy atom. The maximum atomic E-state index is 13.3. The highest BCUT2D eigenvalue weighted by molar-refractivity contribution is 7.18. The van der Waals surface area contributed by atoms with E-state index in [2.05, 4.69) is 20.7 Å². The van der Waals surface area contributed by atoms with Gasteiger partial charge in [-0.25, -0.2) is 14.2 Å². The van der Waals surface area contributed by atoms with Crippen LogP contribution < -0.4 is 16.4 Å². The number of nitrogens with zero attached hydrogens (tertiary/aromatic N) is 3. The van der Waals surface area contributed by atoms with Crippen LogP contribution in [0.1, 0.15) is 0 Å². The number of hydrogen-bond donors (Lipinski definition) is 4. The molecule has 2 aromatic carbocycles. The van der Waals surface area contributed by atoms with Crippen molar-refractivity contribution in [2.45, 2.75) is 6.54 Å². The molecule has 0 radical (unpaired) electrons. The van der Waals surface area contributed by atoms with Crippen LogP contribution in [-0.4, -0.2) is 38.0 Å². The third kappa shape index (κ3) is 5.03. The van der Waals surface area contributed by atoms with Crippen molar-refractivity contribution < 1.29 is 19.8 Å². The lowest BCUT2D eigenvalue weighted by molar-refractivity contribution is 0.262. The van der Waals surface area contributed by atoms with E-state index >= 15 is 0 Å². The largest absolute Gasteiger partial charge is 0.412 e. The number of anilines is 3. The zero-order chi connectivity index (χ0) is 24.4. The molecule has 5 aromatic rings. The molecule has 36 heavy (non-hydrogen) atoms. The topological polar surface area (TPSA) is 150 Å². The Morgan fingerprint density at radius 1 is 1.06 bits per heavy atom. The van der Waals surface area contributed by atoms with Gasteiger partial charge in [-0.1, -0.05) is 18.2 Å². The zero-order valence-electron chi connectivity index (χ0n) is 18.9. The van der Waals surface area contributed by atoms with Crippen molar-refractivity contribution in [1.82, 2.24) is 14.8 Å². The van der Waals surface area contributed by atoms with Crippen LogP contribution in [0.15, 0.2) is 72.5 Å². The van der Waals surface area contributed by atoms with Crippen molar-refractivity contribution in [2.75, 3.05) is 23.0 Å². The summed E-state index contributed by atoms with van der Waals surface area (Å²) in [7, 11) is 0. The van der Waals surface area contributed by atoms with E-state index in [1.807, 2.05) is 23.7 Å². The average molecular weight is 507 g/mol. The number of aliphatic hydroxyl groups is 1. The minimum Gasteiger partial charge on any atom is -0.412 e. The van der Waals surface area contributed by atoms with E-state index < -0.39 is 11.8 Å². The molecule has 0 aliphatic carbocycles. The Balaban J connectivity index is 0.00000304. The van der Waals surface area contributed by atoms with Gasteiger partial charge in [-0.2, -0.15) is 5.10 Å².